The molecule has 0 rings (SSSR count). The van der Waals surface area contributed by atoms with Gasteiger partial charge in [0.2, 0.25) is 0 Å². The van der Waals surface area contributed by atoms with Gasteiger partial charge in [-0.15, -0.1) is 11.1 Å². The van der Waals surface area contributed by atoms with Gasteiger partial charge in [0.25, 0.3) is 0 Å². The summed E-state index contributed by atoms with van der Waals surface area (Å²) in [5.74, 6) is 0. The normalized spacial score (nSPS) is 10.9. The maximum Gasteiger partial charge on any atom is -0.0663 e. The molecular weight excluding hydrogens is 430 g/mol. The standard InChI is InChI=1S/C12H24N2.C3H7N.2CH3.W/c1-7-11(3,4)13-9-10-14-12(5,6)8-2;1-3(2)4;;;/h9-10H,7-8H2,1-6H3;3H,1-2H3;2*1H3;/q-2;;2*-1;/b10-9-;;;;. The van der Waals surface area contributed by atoms with Crippen molar-refractivity contribution in [1.82, 2.24) is 0 Å². The minimum Gasteiger partial charge on any atom is -0.687 e. The van der Waals surface area contributed by atoms with Gasteiger partial charge in [-0.3, -0.25) is 0 Å². The van der Waals surface area contributed by atoms with Gasteiger partial charge < -0.3 is 25.5 Å². The molecule has 0 atom stereocenters. The van der Waals surface area contributed by atoms with E-state index in [1.807, 2.05) is 12.4 Å². The van der Waals surface area contributed by atoms with E-state index >= 15 is 0 Å². The molecule has 0 aliphatic carbocycles. The molecule has 0 bridgehead atoms. The number of nitrogens with zero attached hydrogens (tertiary/aromatic N) is 3. The Morgan fingerprint density at radius 1 is 0.905 bits per heavy atom. The molecule has 3 nitrogen and oxygen atoms in total. The van der Waals surface area contributed by atoms with Crippen molar-refractivity contribution in [2.45, 2.75) is 85.4 Å². The average molecular weight is 467 g/mol. The van der Waals surface area contributed by atoms with Gasteiger partial charge in [-0.2, -0.15) is 0 Å². The van der Waals surface area contributed by atoms with Crippen molar-refractivity contribution in [3.63, 3.8) is 0 Å². The van der Waals surface area contributed by atoms with Crippen LogP contribution in [0.3, 0.4) is 0 Å². The third-order valence-electron chi connectivity index (χ3n) is 2.86. The Balaban J connectivity index is -0.000000179. The predicted octanol–water partition coefficient (Wildman–Crippen LogP) is 6.61. The Labute approximate surface area is 146 Å². The van der Waals surface area contributed by atoms with Gasteiger partial charge in [-0.25, -0.2) is 12.4 Å². The molecule has 0 heterocycles. The fraction of sp³-hybridized carbons (Fsp3) is 0.765. The molecule has 0 saturated carbocycles. The molecule has 0 saturated heterocycles. The summed E-state index contributed by atoms with van der Waals surface area (Å²) in [5, 5.41) is 8.88. The van der Waals surface area contributed by atoms with E-state index in [1.165, 1.54) is 19.6 Å². The van der Waals surface area contributed by atoms with E-state index in [0.717, 1.165) is 12.8 Å². The van der Waals surface area contributed by atoms with E-state index in [-0.39, 0.29) is 25.9 Å². The van der Waals surface area contributed by atoms with Crippen LogP contribution in [0.25, 0.3) is 10.6 Å². The molecular formula is C17H37N3W-4. The molecule has 4 heteroatoms. The number of hydrogen-bond donors (Lipinski definition) is 0. The van der Waals surface area contributed by atoms with Crippen LogP contribution in [0.5, 0.6) is 0 Å². The molecule has 0 fully saturated rings. The fourth-order valence-corrected chi connectivity index (χ4v) is 0.653. The smallest absolute Gasteiger partial charge is 0.0663 e. The summed E-state index contributed by atoms with van der Waals surface area (Å²) in [4.78, 5) is 0. The van der Waals surface area contributed by atoms with Crippen LogP contribution in [-0.2, 0) is 19.6 Å². The minimum absolute atomic E-state index is 0. The first-order valence-electron chi connectivity index (χ1n) is 7.01. The molecule has 130 valence electrons. The predicted molar refractivity (Wildman–Crippen MR) is 95.0 cm³/mol. The summed E-state index contributed by atoms with van der Waals surface area (Å²) in [6.07, 6.45) is 5.74. The van der Waals surface area contributed by atoms with Gasteiger partial charge in [0.05, 0.1) is 0 Å². The first-order valence-corrected chi connectivity index (χ1v) is 8.33. The Bertz CT molecular complexity index is 239. The van der Waals surface area contributed by atoms with Crippen molar-refractivity contribution in [2.24, 2.45) is 3.50 Å². The first kappa shape index (κ1) is 28.9. The van der Waals surface area contributed by atoms with E-state index in [9.17, 15) is 0 Å². The van der Waals surface area contributed by atoms with Crippen LogP contribution >= 0.6 is 0 Å². The zero-order valence-corrected chi connectivity index (χ0v) is 18.8. The van der Waals surface area contributed by atoms with Gasteiger partial charge in [-0.05, 0) is 0 Å². The third kappa shape index (κ3) is 22.3. The molecule has 0 aromatic carbocycles. The first-order chi connectivity index (χ1) is 8.60. The van der Waals surface area contributed by atoms with E-state index in [0.29, 0.717) is 6.04 Å². The van der Waals surface area contributed by atoms with Crippen LogP contribution in [-0.4, -0.2) is 17.1 Å². The van der Waals surface area contributed by atoms with E-state index < -0.39 is 0 Å². The van der Waals surface area contributed by atoms with Gasteiger partial charge in [0, 0.05) is 0 Å². The van der Waals surface area contributed by atoms with Gasteiger partial charge >= 0.3 is 43.0 Å². The quantitative estimate of drug-likeness (QED) is 0.378. The minimum atomic E-state index is 0. The molecule has 0 aromatic heterocycles. The molecule has 0 aliphatic heterocycles. The van der Waals surface area contributed by atoms with Crippen LogP contribution < -0.4 is 0 Å². The maximum atomic E-state index is 4.44. The van der Waals surface area contributed by atoms with Crippen molar-refractivity contribution in [1.29, 1.82) is 0 Å². The summed E-state index contributed by atoms with van der Waals surface area (Å²) in [5.41, 5.74) is 0.0881. The van der Waals surface area contributed by atoms with Crippen LogP contribution in [0.2, 0.25) is 0 Å². The second kappa shape index (κ2) is 14.8. The van der Waals surface area contributed by atoms with Gasteiger partial charge in [-0.1, -0.05) is 54.4 Å². The molecule has 0 spiro atoms. The number of hydrogen-bond acceptors (Lipinski definition) is 1. The van der Waals surface area contributed by atoms with Gasteiger partial charge in [0.1, 0.15) is 0 Å². The van der Waals surface area contributed by atoms with E-state index in [4.69, 9.17) is 0 Å². The monoisotopic (exact) mass is 467 g/mol. The Kier molecular flexibility index (Phi) is 20.3. The van der Waals surface area contributed by atoms with Crippen molar-refractivity contribution in [3.8, 4) is 0 Å². The topological polar surface area (TPSA) is 40.6 Å². The average Bonchev–Trinajstić information content (AvgIpc) is 2.35. The van der Waals surface area contributed by atoms with Crippen molar-refractivity contribution < 1.29 is 19.6 Å². The summed E-state index contributed by atoms with van der Waals surface area (Å²) >= 11 is 1.33. The van der Waals surface area contributed by atoms with Crippen LogP contribution in [0, 0.1) is 14.9 Å². The summed E-state index contributed by atoms with van der Waals surface area (Å²) < 4.78 is 3.97. The van der Waals surface area contributed by atoms with E-state index in [1.54, 1.807) is 0 Å². The Morgan fingerprint density at radius 3 is 1.29 bits per heavy atom. The molecule has 21 heavy (non-hydrogen) atoms. The molecule has 0 amide bonds. The molecule has 0 radical (unpaired) electrons. The Morgan fingerprint density at radius 2 is 1.14 bits per heavy atom. The maximum absolute atomic E-state index is 4.44. The summed E-state index contributed by atoms with van der Waals surface area (Å²) in [7, 11) is 0. The second-order valence-corrected chi connectivity index (χ2v) is 6.84. The van der Waals surface area contributed by atoms with Gasteiger partial charge in [0.15, 0.2) is 0 Å². The summed E-state index contributed by atoms with van der Waals surface area (Å²) in [6.45, 7) is 16.9. The van der Waals surface area contributed by atoms with E-state index in [2.05, 4.69) is 69.5 Å². The van der Waals surface area contributed by atoms with Crippen molar-refractivity contribution in [2.75, 3.05) is 0 Å². The van der Waals surface area contributed by atoms with Crippen LogP contribution in [0.1, 0.15) is 68.2 Å². The van der Waals surface area contributed by atoms with Crippen molar-refractivity contribution >= 4 is 0 Å². The van der Waals surface area contributed by atoms with Crippen molar-refractivity contribution in [3.05, 3.63) is 37.9 Å². The largest absolute Gasteiger partial charge is 0.687 e. The fourth-order valence-electron chi connectivity index (χ4n) is 0.653. The third-order valence-corrected chi connectivity index (χ3v) is 4.37. The number of rotatable bonds is 7. The SMILES string of the molecule is CC(C)[N]=[W].CCC(C)(C)[N-]/C=C\[N-]C(C)(C)CC.[CH3-].[CH3-]. The zero-order valence-electron chi connectivity index (χ0n) is 15.9. The zero-order chi connectivity index (χ0) is 15.5. The molecule has 0 unspecified atom stereocenters. The second-order valence-electron chi connectivity index (χ2n) is 6.09. The molecule has 0 N–H and O–H groups in total. The molecule has 0 aromatic rings. The molecule has 0 aliphatic rings. The van der Waals surface area contributed by atoms with Crippen LogP contribution in [0.4, 0.5) is 0 Å². The van der Waals surface area contributed by atoms with Crippen LogP contribution in [0.15, 0.2) is 15.9 Å². The summed E-state index contributed by atoms with van der Waals surface area (Å²) in [6, 6.07) is 0.546. The Hall–Kier alpha value is -0.172.